The van der Waals surface area contributed by atoms with E-state index < -0.39 is 11.7 Å². The molecule has 0 saturated carbocycles. The third-order valence-electron chi connectivity index (χ3n) is 13.2. The number of hydrogen-bond donors (Lipinski definition) is 0. The summed E-state index contributed by atoms with van der Waals surface area (Å²) in [7, 11) is 0. The van der Waals surface area contributed by atoms with Gasteiger partial charge >= 0.3 is 6.18 Å². The fourth-order valence-electron chi connectivity index (χ4n) is 9.96. The summed E-state index contributed by atoms with van der Waals surface area (Å²) in [5.74, 6) is 0.797. The van der Waals surface area contributed by atoms with Gasteiger partial charge in [0.15, 0.2) is 28.8 Å². The number of fused-ring (bicyclic) bond motifs is 6. The van der Waals surface area contributed by atoms with Gasteiger partial charge in [0, 0.05) is 49.4 Å². The van der Waals surface area contributed by atoms with Gasteiger partial charge in [-0.05, 0) is 107 Å². The second-order valence-electron chi connectivity index (χ2n) is 17.6. The molecule has 0 atom stereocenters. The van der Waals surface area contributed by atoms with E-state index in [1.165, 1.54) is 24.3 Å². The highest BCUT2D eigenvalue weighted by atomic mass is 19.4. The zero-order chi connectivity index (χ0) is 50.7. The molecule has 12 heteroatoms. The second kappa shape index (κ2) is 17.6. The molecule has 0 aliphatic heterocycles. The van der Waals surface area contributed by atoms with Crippen molar-refractivity contribution in [3.05, 3.63) is 234 Å². The van der Waals surface area contributed by atoms with Gasteiger partial charge in [-0.15, -0.1) is 0 Å². The predicted octanol–water partition coefficient (Wildman–Crippen LogP) is 16.3. The molecule has 9 aromatic carbocycles. The van der Waals surface area contributed by atoms with Gasteiger partial charge in [-0.3, -0.25) is 0 Å². The van der Waals surface area contributed by atoms with Crippen LogP contribution in [-0.4, -0.2) is 24.1 Å². The molecular weight excluding hydrogens is 928 g/mol. The first-order valence-electron chi connectivity index (χ1n) is 23.2. The number of halogens is 3. The smallest absolute Gasteiger partial charge is 0.309 e. The van der Waals surface area contributed by atoms with Crippen molar-refractivity contribution in [2.24, 2.45) is 0 Å². The Morgan fingerprint density at radius 2 is 0.784 bits per heavy atom. The van der Waals surface area contributed by atoms with Crippen LogP contribution in [0.2, 0.25) is 0 Å². The number of para-hydroxylation sites is 2. The zero-order valence-corrected chi connectivity index (χ0v) is 38.6. The summed E-state index contributed by atoms with van der Waals surface area (Å²) in [6.45, 7) is 15.4. The third kappa shape index (κ3) is 7.61. The van der Waals surface area contributed by atoms with Crippen LogP contribution in [-0.2, 0) is 6.18 Å². The van der Waals surface area contributed by atoms with Crippen molar-refractivity contribution >= 4 is 55.0 Å². The molecule has 346 valence electrons. The molecule has 9 nitrogen and oxygen atoms in total. The normalized spacial score (nSPS) is 11.4. The molecule has 74 heavy (non-hydrogen) atoms. The molecule has 0 amide bonds. The first-order chi connectivity index (χ1) is 36.1. The molecule has 0 radical (unpaired) electrons. The van der Waals surface area contributed by atoms with Gasteiger partial charge in [0.25, 0.3) is 0 Å². The minimum Gasteiger partial charge on any atom is -0.309 e. The van der Waals surface area contributed by atoms with Crippen LogP contribution in [0.5, 0.6) is 0 Å². The summed E-state index contributed by atoms with van der Waals surface area (Å²) in [5.41, 5.74) is 6.07. The summed E-state index contributed by atoms with van der Waals surface area (Å²) in [6.07, 6.45) is -4.97. The highest BCUT2D eigenvalue weighted by Crippen LogP contribution is 2.47. The molecule has 0 fully saturated rings. The summed E-state index contributed by atoms with van der Waals surface area (Å²) < 4.78 is 53.9. The standard InChI is InChI=1S/C62H32F3N9/c1-68-46-27-37(35-66)25-43(29-46)41-21-23-54-50(31-41)48-17-9-11-19-52(48)73(54)56-33-45(61-71-59(39-13-5-3-6-14-39)70-60(72-61)40-15-7-4-8-16-40)34-57(58(56)62(63,64)65)74-53-20-12-10-18-49(53)51-32-42(22-24-55(51)74)44-26-38(36-67)28-47(30-44)69-2/h3-34H. The van der Waals surface area contributed by atoms with Crippen LogP contribution in [0.25, 0.3) is 121 Å². The maximum atomic E-state index is 16.9. The Kier molecular flexibility index (Phi) is 10.6. The topological polar surface area (TPSA) is 105 Å². The fourth-order valence-corrected chi connectivity index (χ4v) is 9.96. The van der Waals surface area contributed by atoms with Crippen molar-refractivity contribution in [3.63, 3.8) is 0 Å². The third-order valence-corrected chi connectivity index (χ3v) is 13.2. The maximum Gasteiger partial charge on any atom is 0.420 e. The average molecular weight is 960 g/mol. The Morgan fingerprint density at radius 1 is 0.392 bits per heavy atom. The number of alkyl halides is 3. The molecule has 12 aromatic rings. The quantitative estimate of drug-likeness (QED) is 0.148. The van der Waals surface area contributed by atoms with Crippen LogP contribution in [0.15, 0.2) is 194 Å². The highest BCUT2D eigenvalue weighted by Gasteiger charge is 2.40. The van der Waals surface area contributed by atoms with Gasteiger partial charge in [-0.1, -0.05) is 109 Å². The molecule has 0 aliphatic rings. The zero-order valence-electron chi connectivity index (χ0n) is 38.6. The monoisotopic (exact) mass is 959 g/mol. The van der Waals surface area contributed by atoms with Gasteiger partial charge in [0.1, 0.15) is 5.56 Å². The second-order valence-corrected chi connectivity index (χ2v) is 17.6. The van der Waals surface area contributed by atoms with Crippen molar-refractivity contribution in [1.29, 1.82) is 10.5 Å². The summed E-state index contributed by atoms with van der Waals surface area (Å²) in [5, 5.41) is 22.3. The van der Waals surface area contributed by atoms with Crippen molar-refractivity contribution in [3.8, 4) is 79.9 Å². The van der Waals surface area contributed by atoms with Crippen molar-refractivity contribution in [1.82, 2.24) is 24.1 Å². The number of aromatic nitrogens is 5. The molecule has 0 unspecified atom stereocenters. The van der Waals surface area contributed by atoms with Crippen LogP contribution in [0.1, 0.15) is 16.7 Å². The minimum absolute atomic E-state index is 0.140. The van der Waals surface area contributed by atoms with E-state index in [9.17, 15) is 10.5 Å². The van der Waals surface area contributed by atoms with E-state index in [0.717, 1.165) is 0 Å². The van der Waals surface area contributed by atoms with E-state index in [-0.39, 0.29) is 34.1 Å². The van der Waals surface area contributed by atoms with Crippen LogP contribution in [0.4, 0.5) is 24.5 Å². The molecule has 12 rings (SSSR count). The molecule has 0 saturated heterocycles. The van der Waals surface area contributed by atoms with E-state index in [1.54, 1.807) is 81.9 Å². The fraction of sp³-hybridized carbons (Fsp3) is 0.0161. The molecule has 0 N–H and O–H groups in total. The maximum absolute atomic E-state index is 16.9. The van der Waals surface area contributed by atoms with Crippen LogP contribution in [0, 0.1) is 35.8 Å². The number of nitriles is 2. The van der Waals surface area contributed by atoms with E-state index in [2.05, 4.69) is 21.8 Å². The number of hydrogen-bond acceptors (Lipinski definition) is 5. The minimum atomic E-state index is -4.97. The lowest BCUT2D eigenvalue weighted by Crippen LogP contribution is -2.16. The summed E-state index contributed by atoms with van der Waals surface area (Å²) >= 11 is 0. The largest absolute Gasteiger partial charge is 0.420 e. The van der Waals surface area contributed by atoms with Gasteiger partial charge in [0.05, 0.1) is 58.7 Å². The Hall–Kier alpha value is -10.7. The molecule has 3 heterocycles. The van der Waals surface area contributed by atoms with E-state index in [0.29, 0.717) is 99.8 Å². The van der Waals surface area contributed by atoms with Gasteiger partial charge in [-0.25, -0.2) is 24.6 Å². The molecule has 0 bridgehead atoms. The van der Waals surface area contributed by atoms with Crippen molar-refractivity contribution in [2.75, 3.05) is 0 Å². The van der Waals surface area contributed by atoms with E-state index in [4.69, 9.17) is 28.1 Å². The number of benzene rings is 9. The van der Waals surface area contributed by atoms with Gasteiger partial charge in [0.2, 0.25) is 0 Å². The molecule has 0 aliphatic carbocycles. The lowest BCUT2D eigenvalue weighted by atomic mass is 10.00. The lowest BCUT2D eigenvalue weighted by Gasteiger charge is -2.23. The molecular formula is C62H32F3N9. The predicted molar refractivity (Wildman–Crippen MR) is 283 cm³/mol. The highest BCUT2D eigenvalue weighted by molar-refractivity contribution is 6.12. The Labute approximate surface area is 420 Å². The van der Waals surface area contributed by atoms with Crippen molar-refractivity contribution in [2.45, 2.75) is 6.18 Å². The Bertz CT molecular complexity index is 4130. The molecule has 0 spiro atoms. The van der Waals surface area contributed by atoms with Crippen LogP contribution in [0.3, 0.4) is 0 Å². The number of nitrogens with zero attached hydrogens (tertiary/aromatic N) is 9. The number of rotatable bonds is 7. The molecule has 3 aromatic heterocycles. The lowest BCUT2D eigenvalue weighted by molar-refractivity contribution is -0.137. The Balaban J connectivity index is 1.20. The summed E-state index contributed by atoms with van der Waals surface area (Å²) in [4.78, 5) is 22.1. The first kappa shape index (κ1) is 44.5. The van der Waals surface area contributed by atoms with Crippen molar-refractivity contribution < 1.29 is 13.2 Å². The first-order valence-corrected chi connectivity index (χ1v) is 23.2. The van der Waals surface area contributed by atoms with Crippen LogP contribution >= 0.6 is 0 Å². The van der Waals surface area contributed by atoms with E-state index in [1.807, 2.05) is 97.1 Å². The average Bonchev–Trinajstić information content (AvgIpc) is 3.99. The van der Waals surface area contributed by atoms with Gasteiger partial charge < -0.3 is 9.13 Å². The van der Waals surface area contributed by atoms with Gasteiger partial charge in [-0.2, -0.15) is 23.7 Å². The Morgan fingerprint density at radius 3 is 1.19 bits per heavy atom. The van der Waals surface area contributed by atoms with E-state index >= 15 is 13.2 Å². The van der Waals surface area contributed by atoms with Crippen LogP contribution < -0.4 is 0 Å². The summed E-state index contributed by atoms with van der Waals surface area (Å²) in [6, 6.07) is 61.3. The SMILES string of the molecule is [C-]#[N+]c1cc(C#N)cc(-c2ccc3c(c2)c2ccccc2n3-c2cc(-c3nc(-c4ccccc4)nc(-c4ccccc4)n3)cc(-n3c4ccccc4c4cc(-c5cc(C#N)cc([N+]#[C-])c5)ccc43)c2C(F)(F)F)c1.